The monoisotopic (exact) mass is 265 g/mol. The Labute approximate surface area is 113 Å². The van der Waals surface area contributed by atoms with E-state index < -0.39 is 0 Å². The Morgan fingerprint density at radius 3 is 2.74 bits per heavy atom. The fourth-order valence-electron chi connectivity index (χ4n) is 3.04. The third-order valence-corrected chi connectivity index (χ3v) is 3.88. The molecule has 2 aliphatic heterocycles. The minimum absolute atomic E-state index is 0.382. The van der Waals surface area contributed by atoms with Gasteiger partial charge in [-0.1, -0.05) is 0 Å². The van der Waals surface area contributed by atoms with Crippen molar-refractivity contribution in [3.63, 3.8) is 0 Å². The highest BCUT2D eigenvalue weighted by Crippen LogP contribution is 2.24. The van der Waals surface area contributed by atoms with E-state index in [1.54, 1.807) is 0 Å². The summed E-state index contributed by atoms with van der Waals surface area (Å²) in [6.45, 7) is 7.97. The van der Waals surface area contributed by atoms with Gasteiger partial charge in [-0.15, -0.1) is 5.10 Å². The maximum atomic E-state index is 5.51. The van der Waals surface area contributed by atoms with Gasteiger partial charge in [0.1, 0.15) is 5.82 Å². The van der Waals surface area contributed by atoms with Crippen molar-refractivity contribution in [3.8, 4) is 0 Å². The first-order valence-corrected chi connectivity index (χ1v) is 7.23. The molecule has 2 saturated heterocycles. The van der Waals surface area contributed by atoms with Crippen LogP contribution in [0.3, 0.4) is 0 Å². The molecule has 1 aromatic heterocycles. The zero-order chi connectivity index (χ0) is 13.2. The molecule has 106 valence electrons. The van der Waals surface area contributed by atoms with Crippen molar-refractivity contribution >= 4 is 5.95 Å². The number of hydrogen-bond acceptors (Lipinski definition) is 5. The molecule has 3 rings (SSSR count). The number of hydrogen-bond donors (Lipinski definition) is 2. The van der Waals surface area contributed by atoms with Gasteiger partial charge in [0.2, 0.25) is 5.95 Å². The maximum absolute atomic E-state index is 5.51. The van der Waals surface area contributed by atoms with E-state index in [2.05, 4.69) is 39.2 Å². The molecule has 2 fully saturated rings. The van der Waals surface area contributed by atoms with Crippen LogP contribution in [0.5, 0.6) is 0 Å². The molecule has 0 aromatic carbocycles. The summed E-state index contributed by atoms with van der Waals surface area (Å²) in [5, 5.41) is 11.0. The molecule has 2 N–H and O–H groups in total. The highest BCUT2D eigenvalue weighted by Gasteiger charge is 2.25. The summed E-state index contributed by atoms with van der Waals surface area (Å²) in [6, 6.07) is 0.951. The van der Waals surface area contributed by atoms with E-state index >= 15 is 0 Å². The normalized spacial score (nSPS) is 32.5. The smallest absolute Gasteiger partial charge is 0.244 e. The molecule has 0 saturated carbocycles. The molecule has 0 bridgehead atoms. The lowest BCUT2D eigenvalue weighted by molar-refractivity contribution is 0.0781. The van der Waals surface area contributed by atoms with E-state index in [1.807, 2.05) is 0 Å². The summed E-state index contributed by atoms with van der Waals surface area (Å²) in [7, 11) is 0. The van der Waals surface area contributed by atoms with Crippen molar-refractivity contribution in [2.24, 2.45) is 0 Å². The van der Waals surface area contributed by atoms with Crippen LogP contribution in [0.1, 0.15) is 38.4 Å². The number of H-pyrrole nitrogens is 1. The summed E-state index contributed by atoms with van der Waals surface area (Å²) in [5.41, 5.74) is 0. The first-order chi connectivity index (χ1) is 9.22. The average Bonchev–Trinajstić information content (AvgIpc) is 2.88. The Hall–Kier alpha value is -1.14. The second-order valence-corrected chi connectivity index (χ2v) is 5.81. The Morgan fingerprint density at radius 1 is 1.26 bits per heavy atom. The van der Waals surface area contributed by atoms with Gasteiger partial charge in [-0.05, 0) is 26.7 Å². The van der Waals surface area contributed by atoms with Crippen LogP contribution in [-0.4, -0.2) is 53.6 Å². The van der Waals surface area contributed by atoms with Gasteiger partial charge < -0.3 is 15.0 Å². The summed E-state index contributed by atoms with van der Waals surface area (Å²) >= 11 is 0. The molecule has 3 unspecified atom stereocenters. The van der Waals surface area contributed by atoms with Crippen LogP contribution in [-0.2, 0) is 4.74 Å². The lowest BCUT2D eigenvalue weighted by Gasteiger charge is -2.35. The zero-order valence-electron chi connectivity index (χ0n) is 11.7. The van der Waals surface area contributed by atoms with Gasteiger partial charge in [0, 0.05) is 37.7 Å². The van der Waals surface area contributed by atoms with Crippen LogP contribution in [0.25, 0.3) is 0 Å². The number of nitrogens with one attached hydrogen (secondary N) is 2. The Balaban J connectivity index is 1.69. The average molecular weight is 265 g/mol. The van der Waals surface area contributed by atoms with Gasteiger partial charge >= 0.3 is 0 Å². The number of nitrogens with zero attached hydrogens (tertiary/aromatic N) is 3. The molecule has 0 spiro atoms. The van der Waals surface area contributed by atoms with Crippen molar-refractivity contribution < 1.29 is 4.74 Å². The minimum Gasteiger partial charge on any atom is -0.381 e. The first kappa shape index (κ1) is 12.9. The summed E-state index contributed by atoms with van der Waals surface area (Å²) in [5.74, 6) is 2.20. The second-order valence-electron chi connectivity index (χ2n) is 5.81. The molecule has 1 aromatic rings. The molecule has 2 aliphatic rings. The minimum atomic E-state index is 0.382. The topological polar surface area (TPSA) is 66.1 Å². The van der Waals surface area contributed by atoms with Gasteiger partial charge in [-0.3, -0.25) is 5.10 Å². The highest BCUT2D eigenvalue weighted by atomic mass is 16.5. The fourth-order valence-corrected chi connectivity index (χ4v) is 3.04. The van der Waals surface area contributed by atoms with E-state index in [0.717, 1.165) is 50.9 Å². The molecule has 6 heteroatoms. The molecular formula is C13H23N5O. The quantitative estimate of drug-likeness (QED) is 0.831. The number of aromatic nitrogens is 3. The van der Waals surface area contributed by atoms with Gasteiger partial charge in [0.05, 0.1) is 6.61 Å². The third kappa shape index (κ3) is 2.90. The lowest BCUT2D eigenvalue weighted by Crippen LogP contribution is -2.54. The Bertz CT molecular complexity index is 405. The molecule has 3 atom stereocenters. The van der Waals surface area contributed by atoms with E-state index in [1.165, 1.54) is 0 Å². The van der Waals surface area contributed by atoms with Gasteiger partial charge in [-0.2, -0.15) is 4.98 Å². The first-order valence-electron chi connectivity index (χ1n) is 7.23. The lowest BCUT2D eigenvalue weighted by atomic mass is 10.0. The number of aromatic amines is 1. The number of rotatable bonds is 2. The van der Waals surface area contributed by atoms with Crippen LogP contribution < -0.4 is 10.2 Å². The summed E-state index contributed by atoms with van der Waals surface area (Å²) in [4.78, 5) is 6.94. The van der Waals surface area contributed by atoms with Crippen molar-refractivity contribution in [3.05, 3.63) is 5.82 Å². The van der Waals surface area contributed by atoms with Gasteiger partial charge in [0.25, 0.3) is 0 Å². The van der Waals surface area contributed by atoms with Crippen molar-refractivity contribution in [2.45, 2.75) is 44.7 Å². The molecule has 0 amide bonds. The van der Waals surface area contributed by atoms with Gasteiger partial charge in [0.15, 0.2) is 0 Å². The molecular weight excluding hydrogens is 242 g/mol. The maximum Gasteiger partial charge on any atom is 0.244 e. The van der Waals surface area contributed by atoms with Crippen LogP contribution >= 0.6 is 0 Å². The summed E-state index contributed by atoms with van der Waals surface area (Å²) in [6.07, 6.45) is 2.26. The van der Waals surface area contributed by atoms with Gasteiger partial charge in [-0.25, -0.2) is 0 Å². The Morgan fingerprint density at radius 2 is 2.05 bits per heavy atom. The predicted octanol–water partition coefficient (Wildman–Crippen LogP) is 0.885. The van der Waals surface area contributed by atoms with Crippen molar-refractivity contribution in [1.82, 2.24) is 20.5 Å². The molecule has 0 radical (unpaired) electrons. The van der Waals surface area contributed by atoms with E-state index in [0.29, 0.717) is 18.0 Å². The molecule has 19 heavy (non-hydrogen) atoms. The van der Waals surface area contributed by atoms with Crippen LogP contribution in [0.15, 0.2) is 0 Å². The second kappa shape index (κ2) is 5.46. The van der Waals surface area contributed by atoms with Crippen LogP contribution in [0.4, 0.5) is 5.95 Å². The SMILES string of the molecule is CC1CN(c2n[nH]c(C3CCCOC3)n2)CC(C)N1. The zero-order valence-corrected chi connectivity index (χ0v) is 11.7. The standard InChI is InChI=1S/C13H23N5O/c1-9-6-18(7-10(2)14-9)13-15-12(16-17-13)11-4-3-5-19-8-11/h9-11,14H,3-8H2,1-2H3,(H,15,16,17). The van der Waals surface area contributed by atoms with Crippen LogP contribution in [0, 0.1) is 0 Å². The number of anilines is 1. The van der Waals surface area contributed by atoms with E-state index in [9.17, 15) is 0 Å². The van der Waals surface area contributed by atoms with E-state index in [-0.39, 0.29) is 0 Å². The molecule has 6 nitrogen and oxygen atoms in total. The predicted molar refractivity (Wildman–Crippen MR) is 73.4 cm³/mol. The summed E-state index contributed by atoms with van der Waals surface area (Å²) < 4.78 is 5.51. The van der Waals surface area contributed by atoms with Crippen LogP contribution in [0.2, 0.25) is 0 Å². The Kier molecular flexibility index (Phi) is 3.70. The van der Waals surface area contributed by atoms with Crippen molar-refractivity contribution in [2.75, 3.05) is 31.2 Å². The number of ether oxygens (including phenoxy) is 1. The van der Waals surface area contributed by atoms with Crippen molar-refractivity contribution in [1.29, 1.82) is 0 Å². The molecule has 3 heterocycles. The largest absolute Gasteiger partial charge is 0.381 e. The highest BCUT2D eigenvalue weighted by molar-refractivity contribution is 5.31. The third-order valence-electron chi connectivity index (χ3n) is 3.88. The number of piperazine rings is 1. The fraction of sp³-hybridized carbons (Fsp3) is 0.846. The molecule has 0 aliphatic carbocycles. The van der Waals surface area contributed by atoms with E-state index in [4.69, 9.17) is 4.74 Å².